The number of allylic oxidation sites excluding steroid dienone is 1. The monoisotopic (exact) mass is 387 g/mol. The fraction of sp³-hybridized carbons (Fsp3) is 0.160. The summed E-state index contributed by atoms with van der Waals surface area (Å²) in [6.07, 6.45) is 0.879. The summed E-state index contributed by atoms with van der Waals surface area (Å²) in [6, 6.07) is 26.1. The van der Waals surface area contributed by atoms with Crippen LogP contribution in [0.1, 0.15) is 30.0 Å². The molecular weight excluding hydrogens is 362 g/mol. The maximum Gasteiger partial charge on any atom is 0.343 e. The molecular formula is C25H25NO3. The zero-order chi connectivity index (χ0) is 20.6. The topological polar surface area (TPSA) is 61.5 Å². The lowest BCUT2D eigenvalue weighted by atomic mass is 9.88. The number of carbonyl (C=O) groups is 1. The van der Waals surface area contributed by atoms with Gasteiger partial charge < -0.3 is 15.2 Å². The molecule has 0 saturated carbocycles. The van der Waals surface area contributed by atoms with Gasteiger partial charge in [-0.15, -0.1) is 0 Å². The molecule has 0 unspecified atom stereocenters. The van der Waals surface area contributed by atoms with Crippen molar-refractivity contribution in [3.05, 3.63) is 95.6 Å². The van der Waals surface area contributed by atoms with Gasteiger partial charge in [0, 0.05) is 5.69 Å². The molecule has 0 aliphatic heterocycles. The Morgan fingerprint density at radius 2 is 1.41 bits per heavy atom. The third kappa shape index (κ3) is 5.05. The van der Waals surface area contributed by atoms with E-state index in [4.69, 9.17) is 10.5 Å². The van der Waals surface area contributed by atoms with E-state index in [-0.39, 0.29) is 6.61 Å². The summed E-state index contributed by atoms with van der Waals surface area (Å²) in [5.74, 6) is 0.211. The normalized spacial score (nSPS) is 11.5. The lowest BCUT2D eigenvalue weighted by Crippen LogP contribution is -2.12. The van der Waals surface area contributed by atoms with Crippen LogP contribution in [0.2, 0.25) is 0 Å². The smallest absolute Gasteiger partial charge is 0.343 e. The largest absolute Gasteiger partial charge is 0.482 e. The maximum absolute atomic E-state index is 11.3. The van der Waals surface area contributed by atoms with E-state index < -0.39 is 5.97 Å². The van der Waals surface area contributed by atoms with Crippen LogP contribution in [0, 0.1) is 0 Å². The number of hydrogen-bond acceptors (Lipinski definition) is 4. The first-order chi connectivity index (χ1) is 14.1. The average molecular weight is 387 g/mol. The highest BCUT2D eigenvalue weighted by atomic mass is 16.6. The SMILES string of the molecule is CCC(=C(c1ccc(N)cc1)c1ccc(OCC(=O)OC)cc1)c1ccccc1. The van der Waals surface area contributed by atoms with E-state index in [0.29, 0.717) is 5.75 Å². The third-order valence-electron chi connectivity index (χ3n) is 4.70. The molecule has 0 aliphatic rings. The van der Waals surface area contributed by atoms with Gasteiger partial charge in [0.25, 0.3) is 0 Å². The number of carbonyl (C=O) groups excluding carboxylic acids is 1. The van der Waals surface area contributed by atoms with Crippen LogP contribution in [0.3, 0.4) is 0 Å². The summed E-state index contributed by atoms with van der Waals surface area (Å²) in [7, 11) is 1.34. The van der Waals surface area contributed by atoms with Crippen molar-refractivity contribution in [3.63, 3.8) is 0 Å². The Balaban J connectivity index is 2.05. The number of benzene rings is 3. The van der Waals surface area contributed by atoms with Crippen molar-refractivity contribution in [3.8, 4) is 5.75 Å². The summed E-state index contributed by atoms with van der Waals surface area (Å²) in [5.41, 5.74) is 12.4. The number of esters is 1. The second-order valence-electron chi connectivity index (χ2n) is 6.58. The number of anilines is 1. The van der Waals surface area contributed by atoms with E-state index in [0.717, 1.165) is 28.8 Å². The molecule has 0 spiro atoms. The Bertz CT molecular complexity index is 975. The minimum absolute atomic E-state index is 0.110. The van der Waals surface area contributed by atoms with Gasteiger partial charge in [0.1, 0.15) is 5.75 Å². The number of hydrogen-bond donors (Lipinski definition) is 1. The molecule has 0 heterocycles. The fourth-order valence-corrected chi connectivity index (χ4v) is 3.25. The molecule has 0 radical (unpaired) electrons. The number of rotatable bonds is 7. The van der Waals surface area contributed by atoms with Gasteiger partial charge in [0.05, 0.1) is 7.11 Å². The first-order valence-electron chi connectivity index (χ1n) is 9.57. The van der Waals surface area contributed by atoms with Gasteiger partial charge in [-0.05, 0) is 58.5 Å². The standard InChI is InChI=1S/C25H25NO3/c1-3-23(18-7-5-4-6-8-18)25(19-9-13-21(26)14-10-19)20-11-15-22(16-12-20)29-17-24(27)28-2/h4-16H,3,17,26H2,1-2H3. The third-order valence-corrected chi connectivity index (χ3v) is 4.70. The molecule has 0 atom stereocenters. The van der Waals surface area contributed by atoms with E-state index in [1.54, 1.807) is 0 Å². The first-order valence-corrected chi connectivity index (χ1v) is 9.57. The second-order valence-corrected chi connectivity index (χ2v) is 6.58. The molecule has 0 saturated heterocycles. The predicted molar refractivity (Wildman–Crippen MR) is 117 cm³/mol. The van der Waals surface area contributed by atoms with E-state index in [1.807, 2.05) is 54.6 Å². The molecule has 4 nitrogen and oxygen atoms in total. The van der Waals surface area contributed by atoms with Gasteiger partial charge in [0.2, 0.25) is 0 Å². The summed E-state index contributed by atoms with van der Waals surface area (Å²) in [4.78, 5) is 11.3. The number of nitrogen functional groups attached to an aromatic ring is 1. The zero-order valence-electron chi connectivity index (χ0n) is 16.7. The molecule has 0 aliphatic carbocycles. The molecule has 148 valence electrons. The van der Waals surface area contributed by atoms with Gasteiger partial charge in [-0.2, -0.15) is 0 Å². The van der Waals surface area contributed by atoms with Crippen LogP contribution in [0.15, 0.2) is 78.9 Å². The first kappa shape index (κ1) is 20.2. The van der Waals surface area contributed by atoms with Crippen LogP contribution in [0.4, 0.5) is 5.69 Å². The van der Waals surface area contributed by atoms with Gasteiger partial charge >= 0.3 is 5.97 Å². The minimum Gasteiger partial charge on any atom is -0.482 e. The Kier molecular flexibility index (Phi) is 6.69. The number of ether oxygens (including phenoxy) is 2. The lowest BCUT2D eigenvalue weighted by molar-refractivity contribution is -0.142. The molecule has 3 aromatic rings. The van der Waals surface area contributed by atoms with E-state index >= 15 is 0 Å². The fourth-order valence-electron chi connectivity index (χ4n) is 3.25. The summed E-state index contributed by atoms with van der Waals surface area (Å²) in [5, 5.41) is 0. The summed E-state index contributed by atoms with van der Waals surface area (Å²) < 4.78 is 10.1. The van der Waals surface area contributed by atoms with Crippen molar-refractivity contribution in [1.29, 1.82) is 0 Å². The molecule has 4 heteroatoms. The Labute approximate surface area is 171 Å². The van der Waals surface area contributed by atoms with Crippen LogP contribution < -0.4 is 10.5 Å². The highest BCUT2D eigenvalue weighted by Gasteiger charge is 2.13. The van der Waals surface area contributed by atoms with E-state index in [1.165, 1.54) is 18.2 Å². The Morgan fingerprint density at radius 3 is 1.97 bits per heavy atom. The Morgan fingerprint density at radius 1 is 0.828 bits per heavy atom. The average Bonchev–Trinajstić information content (AvgIpc) is 2.77. The molecule has 0 fully saturated rings. The number of methoxy groups -OCH3 is 1. The van der Waals surface area contributed by atoms with Crippen molar-refractivity contribution in [1.82, 2.24) is 0 Å². The molecule has 0 aromatic heterocycles. The molecule has 0 bridgehead atoms. The zero-order valence-corrected chi connectivity index (χ0v) is 16.7. The second kappa shape index (κ2) is 9.60. The Hall–Kier alpha value is -3.53. The van der Waals surface area contributed by atoms with Crippen LogP contribution in [0.5, 0.6) is 5.75 Å². The molecule has 3 aromatic carbocycles. The summed E-state index contributed by atoms with van der Waals surface area (Å²) in [6.45, 7) is 2.05. The summed E-state index contributed by atoms with van der Waals surface area (Å²) >= 11 is 0. The van der Waals surface area contributed by atoms with Crippen molar-refractivity contribution in [2.75, 3.05) is 19.5 Å². The van der Waals surface area contributed by atoms with Crippen molar-refractivity contribution in [2.24, 2.45) is 0 Å². The highest BCUT2D eigenvalue weighted by molar-refractivity contribution is 5.98. The van der Waals surface area contributed by atoms with Gasteiger partial charge in [-0.1, -0.05) is 61.5 Å². The lowest BCUT2D eigenvalue weighted by Gasteiger charge is -2.17. The molecule has 29 heavy (non-hydrogen) atoms. The molecule has 3 rings (SSSR count). The van der Waals surface area contributed by atoms with Crippen molar-refractivity contribution >= 4 is 22.8 Å². The van der Waals surface area contributed by atoms with Crippen LogP contribution in [-0.2, 0) is 9.53 Å². The molecule has 2 N–H and O–H groups in total. The van der Waals surface area contributed by atoms with Crippen molar-refractivity contribution < 1.29 is 14.3 Å². The number of nitrogens with two attached hydrogens (primary N) is 1. The van der Waals surface area contributed by atoms with E-state index in [2.05, 4.69) is 35.9 Å². The quantitative estimate of drug-likeness (QED) is 0.344. The van der Waals surface area contributed by atoms with E-state index in [9.17, 15) is 4.79 Å². The molecule has 0 amide bonds. The van der Waals surface area contributed by atoms with Gasteiger partial charge in [0.15, 0.2) is 6.61 Å². The minimum atomic E-state index is -0.408. The van der Waals surface area contributed by atoms with Crippen LogP contribution >= 0.6 is 0 Å². The predicted octanol–water partition coefficient (Wildman–Crippen LogP) is 5.19. The van der Waals surface area contributed by atoms with Crippen LogP contribution in [-0.4, -0.2) is 19.7 Å². The van der Waals surface area contributed by atoms with Gasteiger partial charge in [-0.25, -0.2) is 4.79 Å². The highest BCUT2D eigenvalue weighted by Crippen LogP contribution is 2.35. The van der Waals surface area contributed by atoms with Crippen molar-refractivity contribution in [2.45, 2.75) is 13.3 Å². The maximum atomic E-state index is 11.3. The van der Waals surface area contributed by atoms with Gasteiger partial charge in [-0.3, -0.25) is 0 Å². The van der Waals surface area contributed by atoms with Crippen LogP contribution in [0.25, 0.3) is 11.1 Å².